The smallest absolute Gasteiger partial charge is 0.348 e. The summed E-state index contributed by atoms with van der Waals surface area (Å²) >= 11 is 1.02. The van der Waals surface area contributed by atoms with E-state index < -0.39 is 17.8 Å². The minimum absolute atomic E-state index is 0.102. The number of aryl methyl sites for hydroxylation is 1. The Kier molecular flexibility index (Phi) is 6.74. The van der Waals surface area contributed by atoms with Crippen molar-refractivity contribution < 1.29 is 32.7 Å². The van der Waals surface area contributed by atoms with Crippen molar-refractivity contribution in [1.82, 2.24) is 0 Å². The highest BCUT2D eigenvalue weighted by atomic mass is 32.1. The maximum absolute atomic E-state index is 13.5. The van der Waals surface area contributed by atoms with Gasteiger partial charge in [-0.3, -0.25) is 4.79 Å². The summed E-state index contributed by atoms with van der Waals surface area (Å²) in [4.78, 5) is 37.7. The zero-order valence-electron chi connectivity index (χ0n) is 17.6. The predicted octanol–water partition coefficient (Wildman–Crippen LogP) is 4.90. The highest BCUT2D eigenvalue weighted by Crippen LogP contribution is 2.34. The number of hydrogen-bond donors (Lipinski definition) is 1. The van der Waals surface area contributed by atoms with Crippen LogP contribution in [0.15, 0.2) is 22.6 Å². The van der Waals surface area contributed by atoms with E-state index in [0.29, 0.717) is 27.1 Å². The summed E-state index contributed by atoms with van der Waals surface area (Å²) in [6, 6.07) is 4.04. The van der Waals surface area contributed by atoms with Crippen LogP contribution in [0.5, 0.6) is 0 Å². The van der Waals surface area contributed by atoms with Gasteiger partial charge in [0.05, 0.1) is 25.3 Å². The van der Waals surface area contributed by atoms with Crippen LogP contribution in [0.3, 0.4) is 0 Å². The summed E-state index contributed by atoms with van der Waals surface area (Å²) in [5.41, 5.74) is 1.55. The van der Waals surface area contributed by atoms with Crippen molar-refractivity contribution in [1.29, 1.82) is 0 Å². The van der Waals surface area contributed by atoms with E-state index in [-0.39, 0.29) is 41.7 Å². The molecule has 0 spiro atoms. The fourth-order valence-electron chi connectivity index (χ4n) is 3.18. The highest BCUT2D eigenvalue weighted by Gasteiger charge is 2.27. The Morgan fingerprint density at radius 2 is 1.74 bits per heavy atom. The van der Waals surface area contributed by atoms with Gasteiger partial charge >= 0.3 is 11.9 Å². The first-order valence-electron chi connectivity index (χ1n) is 9.71. The number of fused-ring (bicyclic) bond motifs is 1. The molecule has 2 aromatic heterocycles. The molecular weight excluding hydrogens is 425 g/mol. The Morgan fingerprint density at radius 3 is 2.42 bits per heavy atom. The van der Waals surface area contributed by atoms with Gasteiger partial charge in [0, 0.05) is 10.9 Å². The Balaban J connectivity index is 1.89. The SMILES string of the molecule is CCOC(=O)c1sc(NCC(=O)c2oc3ccc(F)cc3c2C)c(C(=O)OCC)c1C. The second-order valence-corrected chi connectivity index (χ2v) is 7.70. The topological polar surface area (TPSA) is 94.8 Å². The molecule has 0 amide bonds. The third kappa shape index (κ3) is 4.46. The van der Waals surface area contributed by atoms with Crippen LogP contribution >= 0.6 is 11.3 Å². The fraction of sp³-hybridized carbons (Fsp3) is 0.318. The lowest BCUT2D eigenvalue weighted by molar-refractivity contribution is 0.0527. The molecule has 0 bridgehead atoms. The lowest BCUT2D eigenvalue weighted by Crippen LogP contribution is -2.16. The van der Waals surface area contributed by atoms with Crippen molar-refractivity contribution in [3.63, 3.8) is 0 Å². The summed E-state index contributed by atoms with van der Waals surface area (Å²) in [6.07, 6.45) is 0. The van der Waals surface area contributed by atoms with Crippen LogP contribution in [-0.2, 0) is 9.47 Å². The normalized spacial score (nSPS) is 10.9. The number of hydrogen-bond acceptors (Lipinski definition) is 8. The minimum atomic E-state index is -0.600. The summed E-state index contributed by atoms with van der Waals surface area (Å²) < 4.78 is 29.3. The van der Waals surface area contributed by atoms with Crippen molar-refractivity contribution in [3.05, 3.63) is 51.3 Å². The molecule has 0 fully saturated rings. The molecule has 0 saturated carbocycles. The first-order chi connectivity index (χ1) is 14.8. The molecule has 164 valence electrons. The van der Waals surface area contributed by atoms with E-state index in [1.807, 2.05) is 0 Å². The van der Waals surface area contributed by atoms with Gasteiger partial charge in [-0.1, -0.05) is 0 Å². The van der Waals surface area contributed by atoms with Crippen LogP contribution in [-0.4, -0.2) is 37.5 Å². The van der Waals surface area contributed by atoms with E-state index in [4.69, 9.17) is 13.9 Å². The summed E-state index contributed by atoms with van der Waals surface area (Å²) in [7, 11) is 0. The summed E-state index contributed by atoms with van der Waals surface area (Å²) in [5.74, 6) is -1.85. The van der Waals surface area contributed by atoms with Crippen LogP contribution in [0.1, 0.15) is 55.6 Å². The molecule has 0 saturated heterocycles. The van der Waals surface area contributed by atoms with Crippen molar-refractivity contribution in [2.75, 3.05) is 25.1 Å². The van der Waals surface area contributed by atoms with Crippen molar-refractivity contribution in [2.45, 2.75) is 27.7 Å². The van der Waals surface area contributed by atoms with E-state index in [0.717, 1.165) is 11.3 Å². The second kappa shape index (κ2) is 9.30. The number of ketones is 1. The number of anilines is 1. The summed E-state index contributed by atoms with van der Waals surface area (Å²) in [6.45, 7) is 6.82. The molecule has 3 aromatic rings. The zero-order chi connectivity index (χ0) is 22.7. The van der Waals surface area contributed by atoms with Crippen LogP contribution < -0.4 is 5.32 Å². The lowest BCUT2D eigenvalue weighted by Gasteiger charge is -2.07. The maximum Gasteiger partial charge on any atom is 0.348 e. The number of halogens is 1. The maximum atomic E-state index is 13.5. The number of ether oxygens (including phenoxy) is 2. The van der Waals surface area contributed by atoms with Crippen molar-refractivity contribution in [2.24, 2.45) is 0 Å². The monoisotopic (exact) mass is 447 g/mol. The first kappa shape index (κ1) is 22.5. The molecule has 2 heterocycles. The van der Waals surface area contributed by atoms with Gasteiger partial charge in [0.25, 0.3) is 0 Å². The molecule has 0 atom stereocenters. The number of nitrogens with one attached hydrogen (secondary N) is 1. The standard InChI is InChI=1S/C22H22FNO6S/c1-5-28-21(26)17-12(4)19(22(27)29-6-2)31-20(17)24-10-15(25)18-11(3)14-9-13(23)7-8-16(14)30-18/h7-9,24H,5-6,10H2,1-4H3. The Labute approximate surface area is 182 Å². The minimum Gasteiger partial charge on any atom is -0.462 e. The van der Waals surface area contributed by atoms with Gasteiger partial charge in [-0.2, -0.15) is 0 Å². The molecule has 9 heteroatoms. The molecule has 3 rings (SSSR count). The number of rotatable bonds is 8. The number of Topliss-reactive ketones (excluding diaryl/α,β-unsaturated/α-hetero) is 1. The Hall–Kier alpha value is -3.20. The number of carbonyl (C=O) groups is 3. The van der Waals surface area contributed by atoms with Gasteiger partial charge in [0.1, 0.15) is 21.3 Å². The van der Waals surface area contributed by atoms with Crippen molar-refractivity contribution >= 4 is 45.0 Å². The number of thiophene rings is 1. The van der Waals surface area contributed by atoms with Gasteiger partial charge in [-0.25, -0.2) is 14.0 Å². The van der Waals surface area contributed by atoms with Gasteiger partial charge in [0.15, 0.2) is 5.76 Å². The van der Waals surface area contributed by atoms with E-state index in [2.05, 4.69) is 5.32 Å². The average Bonchev–Trinajstić information content (AvgIpc) is 3.23. The molecule has 7 nitrogen and oxygen atoms in total. The quantitative estimate of drug-likeness (QED) is 0.388. The third-order valence-electron chi connectivity index (χ3n) is 4.65. The third-order valence-corrected chi connectivity index (χ3v) is 5.88. The van der Waals surface area contributed by atoms with Crippen LogP contribution in [0.4, 0.5) is 9.39 Å². The van der Waals surface area contributed by atoms with Crippen LogP contribution in [0.25, 0.3) is 11.0 Å². The van der Waals surface area contributed by atoms with Gasteiger partial charge < -0.3 is 19.2 Å². The molecule has 0 unspecified atom stereocenters. The first-order valence-corrected chi connectivity index (χ1v) is 10.5. The molecule has 0 aliphatic heterocycles. The molecule has 0 aliphatic rings. The largest absolute Gasteiger partial charge is 0.462 e. The van der Waals surface area contributed by atoms with Gasteiger partial charge in [-0.05, 0) is 51.5 Å². The predicted molar refractivity (Wildman–Crippen MR) is 115 cm³/mol. The van der Waals surface area contributed by atoms with Gasteiger partial charge in [0.2, 0.25) is 5.78 Å². The Morgan fingerprint density at radius 1 is 1.06 bits per heavy atom. The fourth-order valence-corrected chi connectivity index (χ4v) is 4.26. The molecule has 0 radical (unpaired) electrons. The zero-order valence-corrected chi connectivity index (χ0v) is 18.4. The lowest BCUT2D eigenvalue weighted by atomic mass is 10.1. The van der Waals surface area contributed by atoms with Crippen molar-refractivity contribution in [3.8, 4) is 0 Å². The molecule has 31 heavy (non-hydrogen) atoms. The Bertz CT molecular complexity index is 1160. The molecule has 1 N–H and O–H groups in total. The number of carbonyl (C=O) groups excluding carboxylic acids is 3. The van der Waals surface area contributed by atoms with E-state index in [9.17, 15) is 18.8 Å². The average molecular weight is 447 g/mol. The number of benzene rings is 1. The van der Waals surface area contributed by atoms with Crippen LogP contribution in [0, 0.1) is 19.7 Å². The van der Waals surface area contributed by atoms with E-state index in [1.165, 1.54) is 18.2 Å². The van der Waals surface area contributed by atoms with Gasteiger partial charge in [-0.15, -0.1) is 11.3 Å². The second-order valence-electron chi connectivity index (χ2n) is 6.67. The molecule has 1 aromatic carbocycles. The van der Waals surface area contributed by atoms with E-state index in [1.54, 1.807) is 27.7 Å². The highest BCUT2D eigenvalue weighted by molar-refractivity contribution is 7.18. The van der Waals surface area contributed by atoms with E-state index >= 15 is 0 Å². The molecule has 0 aliphatic carbocycles. The number of furan rings is 1. The number of esters is 2. The van der Waals surface area contributed by atoms with Crippen LogP contribution in [0.2, 0.25) is 0 Å². The molecular formula is C22H22FNO6S. The summed E-state index contributed by atoms with van der Waals surface area (Å²) in [5, 5.41) is 3.76.